The summed E-state index contributed by atoms with van der Waals surface area (Å²) in [5.41, 5.74) is 6.77. The van der Waals surface area contributed by atoms with Crippen LogP contribution in [0.3, 0.4) is 0 Å². The Bertz CT molecular complexity index is 45.8. The van der Waals surface area contributed by atoms with E-state index in [0.717, 1.165) is 13.0 Å². The Morgan fingerprint density at radius 3 is 2.50 bits per heavy atom. The zero-order chi connectivity index (χ0) is 6.41. The quantitative estimate of drug-likeness (QED) is 0.506. The van der Waals surface area contributed by atoms with Crippen molar-refractivity contribution in [3.63, 3.8) is 0 Å². The fourth-order valence-corrected chi connectivity index (χ4v) is 0.391. The van der Waals surface area contributed by atoms with E-state index < -0.39 is 0 Å². The van der Waals surface area contributed by atoms with Gasteiger partial charge in [0.05, 0.1) is 6.10 Å². The molecule has 0 unspecified atom stereocenters. The summed E-state index contributed by atoms with van der Waals surface area (Å²) in [7, 11) is 0. The van der Waals surface area contributed by atoms with E-state index >= 15 is 0 Å². The molecule has 1 radical (unpaired) electrons. The molecule has 0 saturated carbocycles. The van der Waals surface area contributed by atoms with Crippen LogP contribution in [0.5, 0.6) is 0 Å². The summed E-state index contributed by atoms with van der Waals surface area (Å²) in [6.45, 7) is 5.22. The van der Waals surface area contributed by atoms with Gasteiger partial charge in [0.15, 0.2) is 0 Å². The Morgan fingerprint density at radius 1 is 1.50 bits per heavy atom. The molecule has 2 heteroatoms. The first-order chi connectivity index (χ1) is 3.77. The van der Waals surface area contributed by atoms with Crippen molar-refractivity contribution in [2.24, 2.45) is 0 Å². The molecule has 0 aliphatic heterocycles. The number of rotatable bonds is 4. The molecular weight excluding hydrogens is 102 g/mol. The molecule has 2 nitrogen and oxygen atoms in total. The number of nitrogens with one attached hydrogen (secondary N) is 1. The first-order valence-electron chi connectivity index (χ1n) is 3.03. The topological polar surface area (TPSA) is 33.0 Å². The first kappa shape index (κ1) is 7.92. The van der Waals surface area contributed by atoms with Crippen LogP contribution in [0, 0.1) is 0 Å². The summed E-state index contributed by atoms with van der Waals surface area (Å²) < 4.78 is 5.16. The van der Waals surface area contributed by atoms with Crippen LogP contribution < -0.4 is 5.73 Å². The Hall–Kier alpha value is -0.0800. The monoisotopic (exact) mass is 116 g/mol. The average Bonchev–Trinajstić information content (AvgIpc) is 1.66. The molecule has 0 atom stereocenters. The smallest absolute Gasteiger partial charge is 0.0518 e. The van der Waals surface area contributed by atoms with E-state index in [4.69, 9.17) is 10.5 Å². The Balaban J connectivity index is 2.72. The maximum absolute atomic E-state index is 6.77. The third-order valence-corrected chi connectivity index (χ3v) is 0.772. The summed E-state index contributed by atoms with van der Waals surface area (Å²) in [5.74, 6) is 0. The van der Waals surface area contributed by atoms with E-state index in [1.54, 1.807) is 0 Å². The highest BCUT2D eigenvalue weighted by atomic mass is 16.5. The minimum atomic E-state index is 0.321. The van der Waals surface area contributed by atoms with Gasteiger partial charge < -0.3 is 4.74 Å². The van der Waals surface area contributed by atoms with Gasteiger partial charge in [-0.25, -0.2) is 0 Å². The third kappa shape index (κ3) is 5.92. The molecule has 0 spiro atoms. The van der Waals surface area contributed by atoms with Gasteiger partial charge >= 0.3 is 0 Å². The van der Waals surface area contributed by atoms with E-state index in [1.807, 2.05) is 13.8 Å². The van der Waals surface area contributed by atoms with Crippen LogP contribution in [0.25, 0.3) is 0 Å². The molecule has 0 aliphatic carbocycles. The van der Waals surface area contributed by atoms with Crippen molar-refractivity contribution >= 4 is 0 Å². The second-order valence-electron chi connectivity index (χ2n) is 2.02. The van der Waals surface area contributed by atoms with Gasteiger partial charge in [0.25, 0.3) is 0 Å². The van der Waals surface area contributed by atoms with Gasteiger partial charge in [-0.05, 0) is 20.3 Å². The molecule has 0 aromatic rings. The van der Waals surface area contributed by atoms with Crippen LogP contribution in [0.1, 0.15) is 20.3 Å². The van der Waals surface area contributed by atoms with Crippen LogP contribution >= 0.6 is 0 Å². The lowest BCUT2D eigenvalue weighted by Gasteiger charge is -2.04. The van der Waals surface area contributed by atoms with E-state index in [1.165, 1.54) is 0 Å². The van der Waals surface area contributed by atoms with E-state index in [2.05, 4.69) is 0 Å². The lowest BCUT2D eigenvalue weighted by Crippen LogP contribution is -2.05. The number of ether oxygens (including phenoxy) is 1. The standard InChI is InChI=1S/C6H14NO/c1-6(2)8-5-3-4-7/h6-7H,3-5H2,1-2H3. The summed E-state index contributed by atoms with van der Waals surface area (Å²) in [4.78, 5) is 0. The fraction of sp³-hybridized carbons (Fsp3) is 1.00. The molecule has 0 aliphatic rings. The van der Waals surface area contributed by atoms with Crippen LogP contribution in [-0.4, -0.2) is 19.3 Å². The van der Waals surface area contributed by atoms with Crippen LogP contribution in [-0.2, 0) is 4.74 Å². The Morgan fingerprint density at radius 2 is 2.12 bits per heavy atom. The molecule has 0 fully saturated rings. The molecule has 49 valence electrons. The Kier molecular flexibility index (Phi) is 5.01. The van der Waals surface area contributed by atoms with Crippen LogP contribution in [0.2, 0.25) is 0 Å². The van der Waals surface area contributed by atoms with E-state index in [-0.39, 0.29) is 0 Å². The predicted molar refractivity (Wildman–Crippen MR) is 33.7 cm³/mol. The summed E-state index contributed by atoms with van der Waals surface area (Å²) >= 11 is 0. The molecule has 0 amide bonds. The van der Waals surface area contributed by atoms with E-state index in [9.17, 15) is 0 Å². The molecule has 0 saturated heterocycles. The molecule has 0 aromatic heterocycles. The molecule has 0 aromatic carbocycles. The van der Waals surface area contributed by atoms with Crippen molar-refractivity contribution in [2.75, 3.05) is 13.2 Å². The second kappa shape index (κ2) is 5.06. The van der Waals surface area contributed by atoms with Gasteiger partial charge in [0.2, 0.25) is 0 Å². The largest absolute Gasteiger partial charge is 0.379 e. The van der Waals surface area contributed by atoms with Crippen molar-refractivity contribution in [1.82, 2.24) is 5.73 Å². The summed E-state index contributed by atoms with van der Waals surface area (Å²) in [6, 6.07) is 0. The zero-order valence-corrected chi connectivity index (χ0v) is 5.61. The van der Waals surface area contributed by atoms with Gasteiger partial charge in [-0.3, -0.25) is 5.73 Å². The second-order valence-corrected chi connectivity index (χ2v) is 2.02. The molecule has 1 N–H and O–H groups in total. The van der Waals surface area contributed by atoms with Crippen molar-refractivity contribution in [1.29, 1.82) is 0 Å². The molecule has 0 bridgehead atoms. The highest BCUT2D eigenvalue weighted by molar-refractivity contribution is 4.38. The van der Waals surface area contributed by atoms with Gasteiger partial charge in [-0.2, -0.15) is 0 Å². The van der Waals surface area contributed by atoms with Crippen LogP contribution in [0.4, 0.5) is 0 Å². The van der Waals surface area contributed by atoms with Crippen molar-refractivity contribution in [3.8, 4) is 0 Å². The summed E-state index contributed by atoms with van der Waals surface area (Å²) in [5, 5.41) is 0. The molecule has 8 heavy (non-hydrogen) atoms. The molecule has 0 heterocycles. The third-order valence-electron chi connectivity index (χ3n) is 0.772. The first-order valence-corrected chi connectivity index (χ1v) is 3.03. The maximum atomic E-state index is 6.77. The number of hydrogen-bond donors (Lipinski definition) is 0. The highest BCUT2D eigenvalue weighted by Gasteiger charge is 1.89. The fourth-order valence-electron chi connectivity index (χ4n) is 0.391. The van der Waals surface area contributed by atoms with Crippen molar-refractivity contribution < 1.29 is 4.74 Å². The van der Waals surface area contributed by atoms with Gasteiger partial charge in [-0.1, -0.05) is 0 Å². The lowest BCUT2D eigenvalue weighted by molar-refractivity contribution is 0.0780. The van der Waals surface area contributed by atoms with Gasteiger partial charge in [0.1, 0.15) is 0 Å². The lowest BCUT2D eigenvalue weighted by atomic mass is 10.4. The molecular formula is C6H14NO. The maximum Gasteiger partial charge on any atom is 0.0518 e. The van der Waals surface area contributed by atoms with Crippen molar-refractivity contribution in [2.45, 2.75) is 26.4 Å². The highest BCUT2D eigenvalue weighted by Crippen LogP contribution is 1.87. The minimum Gasteiger partial charge on any atom is -0.379 e. The average molecular weight is 116 g/mol. The normalized spacial score (nSPS) is 10.5. The predicted octanol–water partition coefficient (Wildman–Crippen LogP) is 1.08. The van der Waals surface area contributed by atoms with Crippen molar-refractivity contribution in [3.05, 3.63) is 0 Å². The summed E-state index contributed by atoms with van der Waals surface area (Å²) in [6.07, 6.45) is 1.18. The Labute approximate surface area is 51.0 Å². The van der Waals surface area contributed by atoms with Crippen LogP contribution in [0.15, 0.2) is 0 Å². The number of hydrogen-bond acceptors (Lipinski definition) is 1. The zero-order valence-electron chi connectivity index (χ0n) is 5.61. The SMILES string of the molecule is CC(C)OCCC[NH]. The molecule has 0 rings (SSSR count). The van der Waals surface area contributed by atoms with Gasteiger partial charge in [0, 0.05) is 13.2 Å². The van der Waals surface area contributed by atoms with Gasteiger partial charge in [-0.15, -0.1) is 0 Å². The van der Waals surface area contributed by atoms with E-state index in [0.29, 0.717) is 12.6 Å². The minimum absolute atomic E-state index is 0.321.